The largest absolute Gasteiger partial charge is 0.490 e. The summed E-state index contributed by atoms with van der Waals surface area (Å²) in [6.07, 6.45) is 0. The molecule has 6 nitrogen and oxygen atoms in total. The van der Waals surface area contributed by atoms with Crippen LogP contribution in [0.3, 0.4) is 0 Å². The second-order valence-electron chi connectivity index (χ2n) is 3.40. The quantitative estimate of drug-likeness (QED) is 0.495. The van der Waals surface area contributed by atoms with E-state index >= 15 is 0 Å². The van der Waals surface area contributed by atoms with Crippen LogP contribution < -0.4 is 10.2 Å². The van der Waals surface area contributed by atoms with Crippen molar-refractivity contribution < 1.29 is 9.47 Å². The molecule has 1 aromatic carbocycles. The number of hydrogen-bond acceptors (Lipinski definition) is 6. The van der Waals surface area contributed by atoms with E-state index in [1.54, 1.807) is 19.2 Å². The lowest BCUT2D eigenvalue weighted by atomic mass is 10.3. The van der Waals surface area contributed by atoms with Gasteiger partial charge in [-0.05, 0) is 6.07 Å². The average Bonchev–Trinajstić information content (AvgIpc) is 2.44. The van der Waals surface area contributed by atoms with Gasteiger partial charge in [-0.3, -0.25) is 5.43 Å². The monoisotopic (exact) mass is 312 g/mol. The van der Waals surface area contributed by atoms with Crippen LogP contribution in [0.1, 0.15) is 0 Å². The predicted octanol–water partition coefficient (Wildman–Crippen LogP) is 2.83. The standard InChI is InChI=1S/C12H10Cl2N4O2/c1-19-2-3-20-12-5-11(9(13)4-10(12)14)18-17-8(6-15)7-16/h4-5,18H,2-3H2,1H3. The van der Waals surface area contributed by atoms with Gasteiger partial charge in [-0.15, -0.1) is 0 Å². The fourth-order valence-electron chi connectivity index (χ4n) is 1.15. The van der Waals surface area contributed by atoms with Crippen LogP contribution in [-0.4, -0.2) is 26.0 Å². The van der Waals surface area contributed by atoms with Crippen molar-refractivity contribution in [3.05, 3.63) is 22.2 Å². The Kier molecular flexibility index (Phi) is 6.61. The molecule has 0 bridgehead atoms. The van der Waals surface area contributed by atoms with Crippen molar-refractivity contribution in [2.24, 2.45) is 5.10 Å². The van der Waals surface area contributed by atoms with E-state index in [2.05, 4.69) is 10.5 Å². The maximum Gasteiger partial charge on any atom is 0.237 e. The summed E-state index contributed by atoms with van der Waals surface area (Å²) in [6, 6.07) is 6.24. The third kappa shape index (κ3) is 4.60. The summed E-state index contributed by atoms with van der Waals surface area (Å²) in [4.78, 5) is 0. The summed E-state index contributed by atoms with van der Waals surface area (Å²) in [5.74, 6) is 0.390. The molecule has 0 saturated carbocycles. The van der Waals surface area contributed by atoms with Gasteiger partial charge in [0, 0.05) is 13.2 Å². The van der Waals surface area contributed by atoms with Gasteiger partial charge in [0.25, 0.3) is 0 Å². The van der Waals surface area contributed by atoms with E-state index in [1.165, 1.54) is 12.1 Å². The van der Waals surface area contributed by atoms with Gasteiger partial charge in [-0.2, -0.15) is 15.6 Å². The van der Waals surface area contributed by atoms with Gasteiger partial charge in [-0.1, -0.05) is 23.2 Å². The van der Waals surface area contributed by atoms with Crippen molar-refractivity contribution in [1.29, 1.82) is 10.5 Å². The first kappa shape index (κ1) is 16.1. The van der Waals surface area contributed by atoms with Crippen LogP contribution in [-0.2, 0) is 4.74 Å². The van der Waals surface area contributed by atoms with E-state index in [4.69, 9.17) is 43.2 Å². The second-order valence-corrected chi connectivity index (χ2v) is 4.21. The summed E-state index contributed by atoms with van der Waals surface area (Å²) in [5, 5.41) is 21.4. The van der Waals surface area contributed by atoms with Crippen molar-refractivity contribution in [3.8, 4) is 17.9 Å². The van der Waals surface area contributed by atoms with Gasteiger partial charge >= 0.3 is 0 Å². The van der Waals surface area contributed by atoms with Crippen molar-refractivity contribution >= 4 is 34.6 Å². The molecule has 8 heteroatoms. The van der Waals surface area contributed by atoms with Crippen LogP contribution >= 0.6 is 23.2 Å². The fraction of sp³-hybridized carbons (Fsp3) is 0.250. The maximum absolute atomic E-state index is 8.58. The molecule has 1 aromatic rings. The average molecular weight is 313 g/mol. The molecule has 0 aliphatic rings. The molecule has 20 heavy (non-hydrogen) atoms. The molecule has 0 aliphatic heterocycles. The zero-order valence-electron chi connectivity index (χ0n) is 10.5. The van der Waals surface area contributed by atoms with Crippen LogP contribution in [0.25, 0.3) is 0 Å². The predicted molar refractivity (Wildman–Crippen MR) is 76.1 cm³/mol. The molecule has 1 rings (SSSR count). The molecule has 104 valence electrons. The molecule has 0 aromatic heterocycles. The number of nitriles is 2. The fourth-order valence-corrected chi connectivity index (χ4v) is 1.63. The first-order valence-corrected chi connectivity index (χ1v) is 6.12. The summed E-state index contributed by atoms with van der Waals surface area (Å²) in [6.45, 7) is 0.731. The lowest BCUT2D eigenvalue weighted by Gasteiger charge is -2.10. The topological polar surface area (TPSA) is 90.4 Å². The minimum atomic E-state index is -0.321. The minimum absolute atomic E-state index is 0.285. The molecule has 0 amide bonds. The molecule has 0 saturated heterocycles. The molecule has 0 fully saturated rings. The Labute approximate surface area is 126 Å². The van der Waals surface area contributed by atoms with Gasteiger partial charge in [-0.25, -0.2) is 0 Å². The molecule has 0 atom stereocenters. The van der Waals surface area contributed by atoms with Crippen molar-refractivity contribution in [3.63, 3.8) is 0 Å². The van der Waals surface area contributed by atoms with Crippen LogP contribution in [0.5, 0.6) is 5.75 Å². The van der Waals surface area contributed by atoms with E-state index in [9.17, 15) is 0 Å². The first-order chi connectivity index (χ1) is 9.62. The summed E-state index contributed by atoms with van der Waals surface area (Å²) < 4.78 is 10.3. The van der Waals surface area contributed by atoms with Crippen molar-refractivity contribution in [2.75, 3.05) is 25.7 Å². The normalized spacial score (nSPS) is 9.25. The number of halogens is 2. The third-order valence-electron chi connectivity index (χ3n) is 2.07. The summed E-state index contributed by atoms with van der Waals surface area (Å²) in [7, 11) is 1.56. The van der Waals surface area contributed by atoms with Crippen LogP contribution in [0, 0.1) is 22.7 Å². The molecular formula is C12H10Cl2N4O2. The number of nitrogens with one attached hydrogen (secondary N) is 1. The first-order valence-electron chi connectivity index (χ1n) is 5.37. The smallest absolute Gasteiger partial charge is 0.237 e. The zero-order valence-corrected chi connectivity index (χ0v) is 12.0. The zero-order chi connectivity index (χ0) is 15.0. The van der Waals surface area contributed by atoms with Gasteiger partial charge in [0.05, 0.1) is 22.3 Å². The number of hydrogen-bond donors (Lipinski definition) is 1. The van der Waals surface area contributed by atoms with Crippen LogP contribution in [0.4, 0.5) is 5.69 Å². The Morgan fingerprint density at radius 1 is 1.25 bits per heavy atom. The Balaban J connectivity index is 2.92. The Morgan fingerprint density at radius 3 is 2.55 bits per heavy atom. The van der Waals surface area contributed by atoms with E-state index in [0.29, 0.717) is 29.7 Å². The second kappa shape index (κ2) is 8.23. The number of anilines is 1. The summed E-state index contributed by atoms with van der Waals surface area (Å²) >= 11 is 11.9. The minimum Gasteiger partial charge on any atom is -0.490 e. The number of rotatable bonds is 6. The molecule has 0 unspecified atom stereocenters. The highest BCUT2D eigenvalue weighted by Gasteiger charge is 2.08. The lowest BCUT2D eigenvalue weighted by Crippen LogP contribution is -2.05. The molecule has 0 aliphatic carbocycles. The van der Waals surface area contributed by atoms with Crippen molar-refractivity contribution in [1.82, 2.24) is 0 Å². The van der Waals surface area contributed by atoms with Gasteiger partial charge in [0.1, 0.15) is 24.5 Å². The summed E-state index contributed by atoms with van der Waals surface area (Å²) in [5.41, 5.74) is 2.56. The van der Waals surface area contributed by atoms with Gasteiger partial charge < -0.3 is 9.47 Å². The Bertz CT molecular complexity index is 574. The number of benzene rings is 1. The van der Waals surface area contributed by atoms with Crippen LogP contribution in [0.15, 0.2) is 17.2 Å². The highest BCUT2D eigenvalue weighted by molar-refractivity contribution is 6.37. The number of hydrazone groups is 1. The van der Waals surface area contributed by atoms with E-state index in [-0.39, 0.29) is 10.7 Å². The highest BCUT2D eigenvalue weighted by Crippen LogP contribution is 2.34. The van der Waals surface area contributed by atoms with Gasteiger partial charge in [0.15, 0.2) is 0 Å². The number of nitrogens with zero attached hydrogens (tertiary/aromatic N) is 3. The van der Waals surface area contributed by atoms with Crippen LogP contribution in [0.2, 0.25) is 10.0 Å². The Morgan fingerprint density at radius 2 is 1.95 bits per heavy atom. The molecule has 0 heterocycles. The van der Waals surface area contributed by atoms with E-state index in [1.807, 2.05) is 0 Å². The number of ether oxygens (including phenoxy) is 2. The van der Waals surface area contributed by atoms with Gasteiger partial charge in [0.2, 0.25) is 5.71 Å². The lowest BCUT2D eigenvalue weighted by molar-refractivity contribution is 0.146. The molecule has 1 N–H and O–H groups in total. The highest BCUT2D eigenvalue weighted by atomic mass is 35.5. The maximum atomic E-state index is 8.58. The third-order valence-corrected chi connectivity index (χ3v) is 2.67. The van der Waals surface area contributed by atoms with Crippen molar-refractivity contribution in [2.45, 2.75) is 0 Å². The van der Waals surface area contributed by atoms with E-state index < -0.39 is 0 Å². The molecule has 0 spiro atoms. The molecular weight excluding hydrogens is 303 g/mol. The number of methoxy groups -OCH3 is 1. The SMILES string of the molecule is COCCOc1cc(NN=C(C#N)C#N)c(Cl)cc1Cl. The Hall–Kier alpha value is -1.99. The molecule has 0 radical (unpaired) electrons. The van der Waals surface area contributed by atoms with E-state index in [0.717, 1.165) is 0 Å².